The van der Waals surface area contributed by atoms with E-state index in [1.54, 1.807) is 12.3 Å². The lowest BCUT2D eigenvalue weighted by molar-refractivity contribution is -0.142. The van der Waals surface area contributed by atoms with Crippen molar-refractivity contribution in [3.05, 3.63) is 36.0 Å². The predicted octanol–water partition coefficient (Wildman–Crippen LogP) is -1.51. The first-order valence-corrected chi connectivity index (χ1v) is 10.2. The van der Waals surface area contributed by atoms with Gasteiger partial charge in [-0.05, 0) is 25.5 Å². The summed E-state index contributed by atoms with van der Waals surface area (Å²) in [5.74, 6) is -4.44. The molecule has 4 atom stereocenters. The van der Waals surface area contributed by atoms with E-state index in [1.165, 1.54) is 13.8 Å². The Balaban J connectivity index is 2.12. The third-order valence-electron chi connectivity index (χ3n) is 4.92. The zero-order valence-electron chi connectivity index (χ0n) is 18.3. The number of fused-ring (bicyclic) bond motifs is 1. The van der Waals surface area contributed by atoms with Crippen molar-refractivity contribution >= 4 is 40.5 Å². The number of carbonyl (C=O) groups is 5. The number of hydrogen-bond donors (Lipinski definition) is 7. The quantitative estimate of drug-likeness (QED) is 0.210. The van der Waals surface area contributed by atoms with Gasteiger partial charge in [0.2, 0.25) is 23.6 Å². The van der Waals surface area contributed by atoms with Crippen LogP contribution in [-0.2, 0) is 30.4 Å². The third kappa shape index (κ3) is 7.04. The molecule has 0 saturated heterocycles. The van der Waals surface area contributed by atoms with Crippen molar-refractivity contribution in [2.75, 3.05) is 0 Å². The number of aromatic amines is 1. The van der Waals surface area contributed by atoms with Crippen molar-refractivity contribution < 1.29 is 29.1 Å². The maximum Gasteiger partial charge on any atom is 0.326 e. The molecule has 4 amide bonds. The predicted molar refractivity (Wildman–Crippen MR) is 119 cm³/mol. The molecule has 0 aliphatic rings. The minimum absolute atomic E-state index is 0.0385. The van der Waals surface area contributed by atoms with Gasteiger partial charge in [-0.2, -0.15) is 0 Å². The first-order valence-electron chi connectivity index (χ1n) is 10.2. The molecule has 9 N–H and O–H groups in total. The van der Waals surface area contributed by atoms with Crippen LogP contribution in [0.5, 0.6) is 0 Å². The molecule has 0 spiro atoms. The van der Waals surface area contributed by atoms with E-state index >= 15 is 0 Å². The number of para-hydroxylation sites is 1. The summed E-state index contributed by atoms with van der Waals surface area (Å²) in [5, 5.41) is 17.4. The van der Waals surface area contributed by atoms with Gasteiger partial charge in [-0.3, -0.25) is 19.2 Å². The summed E-state index contributed by atoms with van der Waals surface area (Å²) >= 11 is 0. The molecular formula is C21H28N6O6. The maximum absolute atomic E-state index is 12.8. The number of carboxylic acid groups (broad SMARTS) is 1. The Hall–Kier alpha value is -3.93. The molecule has 0 bridgehead atoms. The fourth-order valence-electron chi connectivity index (χ4n) is 3.11. The molecule has 1 aromatic heterocycles. The molecule has 4 unspecified atom stereocenters. The van der Waals surface area contributed by atoms with Crippen molar-refractivity contribution in [1.82, 2.24) is 20.9 Å². The van der Waals surface area contributed by atoms with Gasteiger partial charge in [-0.25, -0.2) is 4.79 Å². The van der Waals surface area contributed by atoms with Crippen molar-refractivity contribution in [3.8, 4) is 0 Å². The molecule has 0 radical (unpaired) electrons. The highest BCUT2D eigenvalue weighted by Gasteiger charge is 2.30. The topological polar surface area (TPSA) is 209 Å². The molecule has 33 heavy (non-hydrogen) atoms. The van der Waals surface area contributed by atoms with Crippen LogP contribution in [-0.4, -0.2) is 63.9 Å². The third-order valence-corrected chi connectivity index (χ3v) is 4.92. The van der Waals surface area contributed by atoms with Crippen LogP contribution in [0.2, 0.25) is 0 Å². The number of primary amides is 1. The molecule has 1 aromatic carbocycles. The van der Waals surface area contributed by atoms with Crippen LogP contribution < -0.4 is 27.4 Å². The summed E-state index contributed by atoms with van der Waals surface area (Å²) in [5.41, 5.74) is 12.1. The minimum atomic E-state index is -1.44. The number of amides is 4. The number of hydrogen-bond acceptors (Lipinski definition) is 6. The summed E-state index contributed by atoms with van der Waals surface area (Å²) in [7, 11) is 0. The van der Waals surface area contributed by atoms with Crippen LogP contribution in [0.15, 0.2) is 30.5 Å². The van der Waals surface area contributed by atoms with E-state index in [4.69, 9.17) is 11.5 Å². The Bertz CT molecular complexity index is 1050. The molecule has 0 aliphatic carbocycles. The molecule has 0 saturated carbocycles. The van der Waals surface area contributed by atoms with Crippen molar-refractivity contribution in [1.29, 1.82) is 0 Å². The first-order chi connectivity index (χ1) is 15.5. The Kier molecular flexibility index (Phi) is 8.51. The molecular weight excluding hydrogens is 432 g/mol. The average Bonchev–Trinajstić information content (AvgIpc) is 3.14. The Labute approximate surface area is 189 Å². The molecule has 1 heterocycles. The SMILES string of the molecule is CC(N)C(=O)NC(C)C(=O)NC(CC(N)=O)C(=O)NC(Cc1c[nH]c2ccccc12)C(=O)O. The van der Waals surface area contributed by atoms with Crippen molar-refractivity contribution in [2.45, 2.75) is 50.9 Å². The van der Waals surface area contributed by atoms with Crippen LogP contribution in [0.3, 0.4) is 0 Å². The molecule has 0 aliphatic heterocycles. The molecule has 2 aromatic rings. The summed E-state index contributed by atoms with van der Waals surface area (Å²) < 4.78 is 0. The molecule has 2 rings (SSSR count). The Morgan fingerprint density at radius 2 is 1.61 bits per heavy atom. The lowest BCUT2D eigenvalue weighted by Crippen LogP contribution is -2.57. The first kappa shape index (κ1) is 25.3. The van der Waals surface area contributed by atoms with E-state index in [-0.39, 0.29) is 6.42 Å². The lowest BCUT2D eigenvalue weighted by Gasteiger charge is -2.23. The van der Waals surface area contributed by atoms with Crippen molar-refractivity contribution in [2.24, 2.45) is 11.5 Å². The van der Waals surface area contributed by atoms with Crippen LogP contribution >= 0.6 is 0 Å². The highest BCUT2D eigenvalue weighted by Crippen LogP contribution is 2.19. The van der Waals surface area contributed by atoms with Crippen molar-refractivity contribution in [3.63, 3.8) is 0 Å². The van der Waals surface area contributed by atoms with Crippen LogP contribution in [0.25, 0.3) is 10.9 Å². The summed E-state index contributed by atoms with van der Waals surface area (Å²) in [6.45, 7) is 2.80. The van der Waals surface area contributed by atoms with Gasteiger partial charge in [0.15, 0.2) is 0 Å². The Morgan fingerprint density at radius 1 is 0.970 bits per heavy atom. The number of nitrogens with two attached hydrogens (primary N) is 2. The van der Waals surface area contributed by atoms with Gasteiger partial charge in [0, 0.05) is 23.5 Å². The molecule has 178 valence electrons. The fourth-order valence-corrected chi connectivity index (χ4v) is 3.11. The summed E-state index contributed by atoms with van der Waals surface area (Å²) in [4.78, 5) is 63.1. The number of H-pyrrole nitrogens is 1. The van der Waals surface area contributed by atoms with E-state index in [0.717, 1.165) is 10.9 Å². The Morgan fingerprint density at radius 3 is 2.21 bits per heavy atom. The second-order valence-corrected chi connectivity index (χ2v) is 7.71. The number of aromatic nitrogens is 1. The molecule has 12 nitrogen and oxygen atoms in total. The monoisotopic (exact) mass is 460 g/mol. The number of rotatable bonds is 11. The largest absolute Gasteiger partial charge is 0.480 e. The molecule has 12 heteroatoms. The molecule has 0 fully saturated rings. The lowest BCUT2D eigenvalue weighted by atomic mass is 10.0. The van der Waals surface area contributed by atoms with Crippen LogP contribution in [0, 0.1) is 0 Å². The average molecular weight is 460 g/mol. The highest BCUT2D eigenvalue weighted by molar-refractivity contribution is 5.96. The van der Waals surface area contributed by atoms with Crippen LogP contribution in [0.1, 0.15) is 25.8 Å². The van der Waals surface area contributed by atoms with E-state index in [1.807, 2.05) is 18.2 Å². The number of nitrogens with one attached hydrogen (secondary N) is 4. The zero-order valence-corrected chi connectivity index (χ0v) is 18.3. The second kappa shape index (κ2) is 11.1. The smallest absolute Gasteiger partial charge is 0.326 e. The van der Waals surface area contributed by atoms with Gasteiger partial charge in [-0.15, -0.1) is 0 Å². The standard InChI is InChI=1S/C21H28N6O6/c1-10(22)18(29)25-11(2)19(30)26-15(8-17(23)28)20(31)27-16(21(32)33)7-12-9-24-14-6-4-3-5-13(12)14/h3-6,9-11,15-16,24H,7-8,22H2,1-2H3,(H2,23,28)(H,25,29)(H,26,30)(H,27,31)(H,32,33). The van der Waals surface area contributed by atoms with E-state index < -0.39 is 60.2 Å². The maximum atomic E-state index is 12.8. The van der Waals surface area contributed by atoms with Gasteiger partial charge >= 0.3 is 5.97 Å². The fraction of sp³-hybridized carbons (Fsp3) is 0.381. The number of aliphatic carboxylic acids is 1. The zero-order chi connectivity index (χ0) is 24.7. The van der Waals surface area contributed by atoms with Gasteiger partial charge < -0.3 is 37.5 Å². The van der Waals surface area contributed by atoms with Gasteiger partial charge in [0.25, 0.3) is 0 Å². The van der Waals surface area contributed by atoms with Gasteiger partial charge in [-0.1, -0.05) is 18.2 Å². The highest BCUT2D eigenvalue weighted by atomic mass is 16.4. The van der Waals surface area contributed by atoms with E-state index in [9.17, 15) is 29.1 Å². The summed E-state index contributed by atoms with van der Waals surface area (Å²) in [6.07, 6.45) is 1.05. The second-order valence-electron chi connectivity index (χ2n) is 7.71. The van der Waals surface area contributed by atoms with Gasteiger partial charge in [0.05, 0.1) is 12.5 Å². The summed E-state index contributed by atoms with van der Waals surface area (Å²) in [6, 6.07) is 2.59. The van der Waals surface area contributed by atoms with Crippen LogP contribution in [0.4, 0.5) is 0 Å². The number of carbonyl (C=O) groups excluding carboxylic acids is 4. The van der Waals surface area contributed by atoms with Gasteiger partial charge in [0.1, 0.15) is 18.1 Å². The van der Waals surface area contributed by atoms with E-state index in [2.05, 4.69) is 20.9 Å². The van der Waals surface area contributed by atoms with E-state index in [0.29, 0.717) is 5.56 Å². The minimum Gasteiger partial charge on any atom is -0.480 e. The number of carboxylic acids is 1. The number of benzene rings is 1. The normalized spacial score (nSPS) is 14.5.